The van der Waals surface area contributed by atoms with Crippen molar-refractivity contribution in [1.82, 2.24) is 5.43 Å². The first kappa shape index (κ1) is 18.4. The molecule has 0 aromatic heterocycles. The van der Waals surface area contributed by atoms with Crippen LogP contribution in [0.5, 0.6) is 0 Å². The van der Waals surface area contributed by atoms with E-state index in [2.05, 4.69) is 28.0 Å². The van der Waals surface area contributed by atoms with Gasteiger partial charge >= 0.3 is 0 Å². The first-order valence-corrected chi connectivity index (χ1v) is 8.33. The third-order valence-electron chi connectivity index (χ3n) is 3.60. The standard InChI is InChI=1S/C20H23N3O2/c1-15(2)19(24)22-18-12-10-17(11-13-18)20(25)23-21-14-6-9-16-7-4-3-5-8-16/h3-5,7-8,10-15H,6,9H2,1-2H3,(H,22,24)(H,23,25). The fraction of sp³-hybridized carbons (Fsp3) is 0.250. The molecule has 0 saturated heterocycles. The molecular formula is C20H23N3O2. The Balaban J connectivity index is 1.78. The van der Waals surface area contributed by atoms with Crippen LogP contribution in [0.2, 0.25) is 0 Å². The Morgan fingerprint density at radius 2 is 1.72 bits per heavy atom. The van der Waals surface area contributed by atoms with Gasteiger partial charge in [-0.2, -0.15) is 5.10 Å². The summed E-state index contributed by atoms with van der Waals surface area (Å²) in [6.07, 6.45) is 3.33. The molecule has 0 fully saturated rings. The van der Waals surface area contributed by atoms with E-state index >= 15 is 0 Å². The van der Waals surface area contributed by atoms with Crippen LogP contribution in [-0.2, 0) is 11.2 Å². The normalized spacial score (nSPS) is 10.8. The lowest BCUT2D eigenvalue weighted by atomic mass is 10.1. The Morgan fingerprint density at radius 3 is 2.36 bits per heavy atom. The number of carbonyl (C=O) groups is 2. The van der Waals surface area contributed by atoms with Crippen LogP contribution in [-0.4, -0.2) is 18.0 Å². The lowest BCUT2D eigenvalue weighted by molar-refractivity contribution is -0.118. The van der Waals surface area contributed by atoms with Gasteiger partial charge in [0.05, 0.1) is 0 Å². The minimum absolute atomic E-state index is 0.0554. The molecular weight excluding hydrogens is 314 g/mol. The molecule has 0 heterocycles. The van der Waals surface area contributed by atoms with Gasteiger partial charge in [-0.25, -0.2) is 5.43 Å². The maximum Gasteiger partial charge on any atom is 0.271 e. The SMILES string of the molecule is CC(C)C(=O)Nc1ccc(C(=O)NN=CCCc2ccccc2)cc1. The van der Waals surface area contributed by atoms with Crippen molar-refractivity contribution in [3.63, 3.8) is 0 Å². The predicted octanol–water partition coefficient (Wildman–Crippen LogP) is 3.63. The Kier molecular flexibility index (Phi) is 6.89. The number of hydrogen-bond donors (Lipinski definition) is 2. The average molecular weight is 337 g/mol. The quantitative estimate of drug-likeness (QED) is 0.598. The second kappa shape index (κ2) is 9.37. The van der Waals surface area contributed by atoms with Crippen LogP contribution in [0.25, 0.3) is 0 Å². The van der Waals surface area contributed by atoms with E-state index in [1.54, 1.807) is 30.5 Å². The van der Waals surface area contributed by atoms with Crippen molar-refractivity contribution in [1.29, 1.82) is 0 Å². The molecule has 0 unspecified atom stereocenters. The molecule has 0 saturated carbocycles. The summed E-state index contributed by atoms with van der Waals surface area (Å²) in [6.45, 7) is 3.65. The van der Waals surface area contributed by atoms with Gasteiger partial charge in [0.2, 0.25) is 5.91 Å². The zero-order chi connectivity index (χ0) is 18.1. The highest BCUT2D eigenvalue weighted by atomic mass is 16.2. The lowest BCUT2D eigenvalue weighted by Gasteiger charge is -2.08. The number of nitrogens with one attached hydrogen (secondary N) is 2. The smallest absolute Gasteiger partial charge is 0.271 e. The summed E-state index contributed by atoms with van der Waals surface area (Å²) in [5.41, 5.74) is 4.90. The number of amides is 2. The topological polar surface area (TPSA) is 70.6 Å². The number of nitrogens with zero attached hydrogens (tertiary/aromatic N) is 1. The monoisotopic (exact) mass is 337 g/mol. The maximum atomic E-state index is 12.0. The third kappa shape index (κ3) is 6.22. The van der Waals surface area contributed by atoms with Gasteiger partial charge in [0, 0.05) is 23.4 Å². The molecule has 0 bridgehead atoms. The van der Waals surface area contributed by atoms with Crippen molar-refractivity contribution < 1.29 is 9.59 Å². The molecule has 2 aromatic rings. The highest BCUT2D eigenvalue weighted by Crippen LogP contribution is 2.11. The Hall–Kier alpha value is -2.95. The molecule has 0 aliphatic rings. The summed E-state index contributed by atoms with van der Waals surface area (Å²) in [6, 6.07) is 16.8. The summed E-state index contributed by atoms with van der Waals surface area (Å²) in [5.74, 6) is -0.425. The van der Waals surface area contributed by atoms with Crippen LogP contribution < -0.4 is 10.7 Å². The van der Waals surface area contributed by atoms with Crippen LogP contribution in [0.3, 0.4) is 0 Å². The number of rotatable bonds is 7. The van der Waals surface area contributed by atoms with Crippen LogP contribution in [0.15, 0.2) is 59.7 Å². The number of anilines is 1. The predicted molar refractivity (Wildman–Crippen MR) is 101 cm³/mol. The molecule has 5 nitrogen and oxygen atoms in total. The van der Waals surface area contributed by atoms with Crippen molar-refractivity contribution in [2.45, 2.75) is 26.7 Å². The van der Waals surface area contributed by atoms with Crippen LogP contribution in [0.4, 0.5) is 5.69 Å². The van der Waals surface area contributed by atoms with Crippen molar-refractivity contribution in [3.05, 3.63) is 65.7 Å². The Morgan fingerprint density at radius 1 is 1.04 bits per heavy atom. The van der Waals surface area contributed by atoms with E-state index in [-0.39, 0.29) is 17.7 Å². The molecule has 5 heteroatoms. The third-order valence-corrected chi connectivity index (χ3v) is 3.60. The first-order chi connectivity index (χ1) is 12.1. The van der Waals surface area contributed by atoms with Crippen molar-refractivity contribution in [2.24, 2.45) is 11.0 Å². The zero-order valence-electron chi connectivity index (χ0n) is 14.5. The lowest BCUT2D eigenvalue weighted by Crippen LogP contribution is -2.19. The molecule has 2 amide bonds. The molecule has 0 atom stereocenters. The molecule has 130 valence electrons. The van der Waals surface area contributed by atoms with Gasteiger partial charge in [-0.05, 0) is 42.7 Å². The highest BCUT2D eigenvalue weighted by Gasteiger charge is 2.08. The van der Waals surface area contributed by atoms with E-state index in [0.29, 0.717) is 11.3 Å². The number of aryl methyl sites for hydroxylation is 1. The van der Waals surface area contributed by atoms with Gasteiger partial charge in [-0.1, -0.05) is 44.2 Å². The van der Waals surface area contributed by atoms with Gasteiger partial charge < -0.3 is 5.32 Å². The number of hydrogen-bond acceptors (Lipinski definition) is 3. The second-order valence-electron chi connectivity index (χ2n) is 6.00. The van der Waals surface area contributed by atoms with Crippen LogP contribution in [0, 0.1) is 5.92 Å². The molecule has 0 radical (unpaired) electrons. The molecule has 2 aromatic carbocycles. The minimum atomic E-state index is -0.280. The van der Waals surface area contributed by atoms with Gasteiger partial charge in [-0.15, -0.1) is 0 Å². The van der Waals surface area contributed by atoms with Crippen LogP contribution >= 0.6 is 0 Å². The average Bonchev–Trinajstić information content (AvgIpc) is 2.62. The Bertz CT molecular complexity index is 722. The summed E-state index contributed by atoms with van der Waals surface area (Å²) in [7, 11) is 0. The molecule has 2 rings (SSSR count). The van der Waals surface area contributed by atoms with Gasteiger partial charge in [0.1, 0.15) is 0 Å². The largest absolute Gasteiger partial charge is 0.326 e. The summed E-state index contributed by atoms with van der Waals surface area (Å²) >= 11 is 0. The van der Waals surface area contributed by atoms with E-state index in [0.717, 1.165) is 12.8 Å². The van der Waals surface area contributed by atoms with Crippen LogP contribution in [0.1, 0.15) is 36.2 Å². The zero-order valence-corrected chi connectivity index (χ0v) is 14.5. The van der Waals surface area contributed by atoms with Crippen molar-refractivity contribution in [2.75, 3.05) is 5.32 Å². The number of benzene rings is 2. The molecule has 0 aliphatic carbocycles. The van der Waals surface area contributed by atoms with Gasteiger partial charge in [-0.3, -0.25) is 9.59 Å². The molecule has 0 spiro atoms. The van der Waals surface area contributed by atoms with Gasteiger partial charge in [0.15, 0.2) is 0 Å². The van der Waals surface area contributed by atoms with Crippen molar-refractivity contribution >= 4 is 23.7 Å². The van der Waals surface area contributed by atoms with E-state index < -0.39 is 0 Å². The second-order valence-corrected chi connectivity index (χ2v) is 6.00. The maximum absolute atomic E-state index is 12.0. The first-order valence-electron chi connectivity index (χ1n) is 8.33. The minimum Gasteiger partial charge on any atom is -0.326 e. The summed E-state index contributed by atoms with van der Waals surface area (Å²) < 4.78 is 0. The fourth-order valence-corrected chi connectivity index (χ4v) is 2.10. The van der Waals surface area contributed by atoms with E-state index in [9.17, 15) is 9.59 Å². The Labute approximate surface area is 148 Å². The number of carbonyl (C=O) groups excluding carboxylic acids is 2. The molecule has 0 aliphatic heterocycles. The molecule has 25 heavy (non-hydrogen) atoms. The van der Waals surface area contributed by atoms with E-state index in [4.69, 9.17) is 0 Å². The van der Waals surface area contributed by atoms with E-state index in [1.807, 2.05) is 32.0 Å². The summed E-state index contributed by atoms with van der Waals surface area (Å²) in [5, 5.41) is 6.75. The molecule has 2 N–H and O–H groups in total. The summed E-state index contributed by atoms with van der Waals surface area (Å²) in [4.78, 5) is 23.6. The number of hydrazone groups is 1. The highest BCUT2D eigenvalue weighted by molar-refractivity contribution is 5.96. The van der Waals surface area contributed by atoms with E-state index in [1.165, 1.54) is 5.56 Å². The fourth-order valence-electron chi connectivity index (χ4n) is 2.10. The van der Waals surface area contributed by atoms with Crippen molar-refractivity contribution in [3.8, 4) is 0 Å². The van der Waals surface area contributed by atoms with Gasteiger partial charge in [0.25, 0.3) is 5.91 Å².